The van der Waals surface area contributed by atoms with Crippen molar-refractivity contribution in [1.82, 2.24) is 30.4 Å². The van der Waals surface area contributed by atoms with E-state index in [9.17, 15) is 27.6 Å². The number of nitrogens with zero attached hydrogens (tertiary/aromatic N) is 5. The van der Waals surface area contributed by atoms with Gasteiger partial charge in [-0.05, 0) is 55.4 Å². The molecule has 3 aromatic heterocycles. The van der Waals surface area contributed by atoms with Gasteiger partial charge in [0.15, 0.2) is 45.0 Å². The molecule has 0 spiro atoms. The molecule has 3 aromatic rings. The van der Waals surface area contributed by atoms with E-state index in [1.807, 2.05) is 27.7 Å². The largest absolute Gasteiger partial charge is 0.522 e. The van der Waals surface area contributed by atoms with Gasteiger partial charge in [0.05, 0.1) is 11.8 Å². The summed E-state index contributed by atoms with van der Waals surface area (Å²) < 4.78 is 67.1. The molecule has 0 unspecified atom stereocenters. The number of alkyl halides is 3. The number of aryl methyl sites for hydroxylation is 1. The van der Waals surface area contributed by atoms with Gasteiger partial charge in [0.1, 0.15) is 11.5 Å². The number of amides is 1. The van der Waals surface area contributed by atoms with Crippen LogP contribution in [0.15, 0.2) is 28.6 Å². The number of carbonyl (C=O) groups is 3. The zero-order valence-electron chi connectivity index (χ0n) is 29.9. The number of ether oxygens (including phenoxy) is 1. The lowest BCUT2D eigenvalue weighted by Gasteiger charge is -2.19. The van der Waals surface area contributed by atoms with E-state index in [-0.39, 0.29) is 53.4 Å². The second-order valence-corrected chi connectivity index (χ2v) is 13.8. The molecule has 20 nitrogen and oxygen atoms in total. The number of nitrogens with two attached hydrogens (primary N) is 4. The number of carbonyl (C=O) groups excluding carboxylic acids is 2. The highest BCUT2D eigenvalue weighted by atomic mass is 35.5. The lowest BCUT2D eigenvalue weighted by Crippen LogP contribution is -2.39. The molecule has 0 aliphatic heterocycles. The molecule has 1 amide bonds. The van der Waals surface area contributed by atoms with Crippen LogP contribution in [0.2, 0.25) is 10.3 Å². The first-order chi connectivity index (χ1) is 23.7. The summed E-state index contributed by atoms with van der Waals surface area (Å²) in [6, 6.07) is 1.81. The number of carboxylic acids is 1. The normalized spacial score (nSPS) is 11.2. The van der Waals surface area contributed by atoms with E-state index in [0.29, 0.717) is 0 Å². The van der Waals surface area contributed by atoms with Crippen LogP contribution in [-0.4, -0.2) is 91.2 Å². The highest BCUT2D eigenvalue weighted by Crippen LogP contribution is 2.21. The molecule has 0 bridgehead atoms. The highest BCUT2D eigenvalue weighted by molar-refractivity contribution is 7.86. The minimum absolute atomic E-state index is 0. The second-order valence-electron chi connectivity index (χ2n) is 11.7. The third kappa shape index (κ3) is 24.3. The number of halogens is 5. The van der Waals surface area contributed by atoms with E-state index in [0.717, 1.165) is 11.8 Å². The molecular formula is C27H39BCl2F3N10O10S. The summed E-state index contributed by atoms with van der Waals surface area (Å²) in [5.74, 6) is -2.27. The standard InChI is InChI=1S/C13H18ClN5O3.C5H5ClN4O2.C4H5NO.C4H10O.CHF3O3S.B/c1-6(5-7(20)19-13(2,3)4)22-12(21)8-10(15)18-11(16)9(14)17-8;6-2-4(8)10-3(7)1(9-2)5(11)12;1-4-2-3-5-6-4;1-4(2,3)5;2-1(3,4)8(5,6)7;/h5H,1-4H3,(H,19,20)(H4,15,16,18);(H,11,12)(H4,7,8,10);2-3H,1H3;5H,1-3H3;(H,5,6,7);/b6-5+;;;;;. The molecule has 54 heavy (non-hydrogen) atoms. The monoisotopic (exact) mass is 833 g/mol. The van der Waals surface area contributed by atoms with Crippen LogP contribution in [0.25, 0.3) is 0 Å². The number of aliphatic hydroxyl groups is 1. The Hall–Kier alpha value is -4.98. The lowest BCUT2D eigenvalue weighted by atomic mass is 10.1. The van der Waals surface area contributed by atoms with Crippen LogP contribution in [0.4, 0.5) is 36.4 Å². The zero-order chi connectivity index (χ0) is 42.3. The summed E-state index contributed by atoms with van der Waals surface area (Å²) in [4.78, 5) is 48.3. The molecular weight excluding hydrogens is 795 g/mol. The van der Waals surface area contributed by atoms with Gasteiger partial charge in [0.2, 0.25) is 5.91 Å². The quantitative estimate of drug-likeness (QED) is 0.0467. The van der Waals surface area contributed by atoms with Crippen LogP contribution in [0.5, 0.6) is 0 Å². The number of allylic oxidation sites excluding steroid dienone is 1. The van der Waals surface area contributed by atoms with Crippen molar-refractivity contribution >= 4 is 82.9 Å². The summed E-state index contributed by atoms with van der Waals surface area (Å²) in [5, 5.41) is 22.8. The van der Waals surface area contributed by atoms with Gasteiger partial charge in [-0.15, -0.1) is 0 Å². The molecule has 12 N–H and O–H groups in total. The maximum Gasteiger partial charge on any atom is 0.522 e. The van der Waals surface area contributed by atoms with Crippen molar-refractivity contribution in [2.45, 2.75) is 72.0 Å². The van der Waals surface area contributed by atoms with E-state index in [1.54, 1.807) is 33.0 Å². The van der Waals surface area contributed by atoms with Crippen molar-refractivity contribution in [3.8, 4) is 0 Å². The average molecular weight is 834 g/mol. The topological polar surface area (TPSA) is 349 Å². The number of aromatic carboxylic acids is 1. The fourth-order valence-corrected chi connectivity index (χ4v) is 2.54. The summed E-state index contributed by atoms with van der Waals surface area (Å²) in [5.41, 5.74) is 14.3. The van der Waals surface area contributed by atoms with Gasteiger partial charge in [-0.3, -0.25) is 9.35 Å². The van der Waals surface area contributed by atoms with Gasteiger partial charge in [-0.25, -0.2) is 29.5 Å². The minimum Gasteiger partial charge on any atom is -0.476 e. The number of nitrogen functional groups attached to an aromatic ring is 4. The van der Waals surface area contributed by atoms with Crippen molar-refractivity contribution in [2.24, 2.45) is 0 Å². The van der Waals surface area contributed by atoms with E-state index in [4.69, 9.17) is 74.1 Å². The van der Waals surface area contributed by atoms with Crippen LogP contribution < -0.4 is 28.3 Å². The van der Waals surface area contributed by atoms with Crippen LogP contribution in [0.3, 0.4) is 0 Å². The van der Waals surface area contributed by atoms with Gasteiger partial charge in [-0.2, -0.15) is 21.6 Å². The molecule has 3 heterocycles. The molecule has 0 saturated carbocycles. The summed E-state index contributed by atoms with van der Waals surface area (Å²) in [7, 11) is -5.84. The lowest BCUT2D eigenvalue weighted by molar-refractivity contribution is -0.118. The molecule has 3 radical (unpaired) electrons. The summed E-state index contributed by atoms with van der Waals surface area (Å²) in [6.07, 6.45) is 2.76. The van der Waals surface area contributed by atoms with Gasteiger partial charge < -0.3 is 47.7 Å². The Balaban J connectivity index is -0.000000679. The van der Waals surface area contributed by atoms with E-state index < -0.39 is 50.3 Å². The maximum absolute atomic E-state index is 11.9. The number of anilines is 4. The number of hydrogen-bond acceptors (Lipinski definition) is 17. The molecule has 27 heteroatoms. The first-order valence-corrected chi connectivity index (χ1v) is 16.1. The van der Waals surface area contributed by atoms with Crippen LogP contribution in [0, 0.1) is 6.92 Å². The van der Waals surface area contributed by atoms with Crippen molar-refractivity contribution in [3.63, 3.8) is 0 Å². The molecule has 0 aliphatic rings. The first-order valence-electron chi connectivity index (χ1n) is 13.9. The number of carboxylic acid groups (broad SMARTS) is 1. The molecule has 0 aliphatic carbocycles. The van der Waals surface area contributed by atoms with Gasteiger partial charge in [0, 0.05) is 26.1 Å². The third-order valence-corrected chi connectivity index (χ3v) is 5.29. The van der Waals surface area contributed by atoms with Gasteiger partial charge in [-0.1, -0.05) is 28.4 Å². The SMILES string of the molecule is C/C(=C\C(=O)NC(C)(C)C)OC(=O)c1nc(Cl)c(N)nc1N.CC(C)(C)O.Cc1ccno1.Nc1nc(N)c(C(=O)O)nc1Cl.O=S(=O)(O)C(F)(F)F.[B]. The van der Waals surface area contributed by atoms with Crippen molar-refractivity contribution in [1.29, 1.82) is 0 Å². The molecule has 301 valence electrons. The minimum atomic E-state index is -5.84. The fraction of sp³-hybridized carbons (Fsp3) is 0.407. The number of aromatic nitrogens is 5. The van der Waals surface area contributed by atoms with E-state index in [1.165, 1.54) is 6.92 Å². The summed E-state index contributed by atoms with van der Waals surface area (Å²) >= 11 is 11.1. The van der Waals surface area contributed by atoms with Crippen molar-refractivity contribution < 1.29 is 60.0 Å². The molecule has 0 saturated heterocycles. The zero-order valence-corrected chi connectivity index (χ0v) is 32.2. The van der Waals surface area contributed by atoms with Crippen molar-refractivity contribution in [3.05, 3.63) is 51.6 Å². The highest BCUT2D eigenvalue weighted by Gasteiger charge is 2.44. The smallest absolute Gasteiger partial charge is 0.476 e. The Kier molecular flexibility index (Phi) is 22.0. The number of rotatable bonds is 4. The fourth-order valence-electron chi connectivity index (χ4n) is 2.28. The van der Waals surface area contributed by atoms with Crippen molar-refractivity contribution in [2.75, 3.05) is 22.9 Å². The Labute approximate surface area is 319 Å². The first kappa shape index (κ1) is 53.4. The maximum atomic E-state index is 11.9. The Morgan fingerprint density at radius 2 is 1.28 bits per heavy atom. The molecule has 0 aromatic carbocycles. The number of hydrogen-bond donors (Lipinski definition) is 8. The number of esters is 1. The molecule has 3 rings (SSSR count). The number of nitrogens with one attached hydrogen (secondary N) is 1. The Morgan fingerprint density at radius 3 is 1.57 bits per heavy atom. The Morgan fingerprint density at radius 1 is 0.889 bits per heavy atom. The third-order valence-electron chi connectivity index (χ3n) is 4.15. The van der Waals surface area contributed by atoms with Crippen LogP contribution in [-0.2, 0) is 19.6 Å². The Bertz CT molecular complexity index is 1840. The summed E-state index contributed by atoms with van der Waals surface area (Å²) in [6.45, 7) is 14.0. The van der Waals surface area contributed by atoms with E-state index >= 15 is 0 Å². The van der Waals surface area contributed by atoms with Crippen LogP contribution >= 0.6 is 23.2 Å². The van der Waals surface area contributed by atoms with Gasteiger partial charge >= 0.3 is 27.6 Å². The molecule has 0 atom stereocenters. The predicted octanol–water partition coefficient (Wildman–Crippen LogP) is 3.04. The predicted molar refractivity (Wildman–Crippen MR) is 192 cm³/mol. The molecule has 0 fully saturated rings. The average Bonchev–Trinajstić information content (AvgIpc) is 3.41. The van der Waals surface area contributed by atoms with E-state index in [2.05, 4.69) is 34.9 Å². The van der Waals surface area contributed by atoms with Crippen LogP contribution in [0.1, 0.15) is 75.2 Å². The van der Waals surface area contributed by atoms with Gasteiger partial charge in [0.25, 0.3) is 0 Å². The second kappa shape index (κ2) is 22.3.